The van der Waals surface area contributed by atoms with Crippen LogP contribution in [0.5, 0.6) is 0 Å². The van der Waals surface area contributed by atoms with E-state index >= 15 is 0 Å². The molecular weight excluding hydrogens is 348 g/mol. The van der Waals surface area contributed by atoms with Crippen LogP contribution in [0.1, 0.15) is 18.2 Å². The average molecular weight is 370 g/mol. The van der Waals surface area contributed by atoms with Gasteiger partial charge in [0.1, 0.15) is 12.1 Å². The van der Waals surface area contributed by atoms with Crippen molar-refractivity contribution in [2.45, 2.75) is 25.5 Å². The van der Waals surface area contributed by atoms with Crippen LogP contribution in [-0.2, 0) is 6.54 Å². The Hall–Kier alpha value is -2.26. The van der Waals surface area contributed by atoms with Crippen molar-refractivity contribution < 1.29 is 0 Å². The van der Waals surface area contributed by atoms with Gasteiger partial charge in [0.25, 0.3) is 5.78 Å². The summed E-state index contributed by atoms with van der Waals surface area (Å²) in [7, 11) is 0. The molecule has 4 rings (SSSR count). The zero-order valence-corrected chi connectivity index (χ0v) is 15.9. The minimum atomic E-state index is 0.657. The molecule has 136 valence electrons. The Balaban J connectivity index is 1.40. The fourth-order valence-corrected chi connectivity index (χ4v) is 3.67. The maximum Gasteiger partial charge on any atom is 0.254 e. The molecule has 1 aliphatic rings. The van der Waals surface area contributed by atoms with Gasteiger partial charge in [0, 0.05) is 62.4 Å². The van der Waals surface area contributed by atoms with E-state index in [-0.39, 0.29) is 0 Å². The topological polar surface area (TPSA) is 75.3 Å². The molecule has 0 bridgehead atoms. The maximum atomic E-state index is 4.42. The highest BCUT2D eigenvalue weighted by Gasteiger charge is 2.20. The highest BCUT2D eigenvalue weighted by atomic mass is 32.2. The van der Waals surface area contributed by atoms with E-state index in [9.17, 15) is 0 Å². The zero-order chi connectivity index (χ0) is 17.9. The van der Waals surface area contributed by atoms with E-state index in [1.165, 1.54) is 0 Å². The first kappa shape index (κ1) is 17.2. The lowest BCUT2D eigenvalue weighted by atomic mass is 10.2. The monoisotopic (exact) mass is 370 g/mol. The number of hydrogen-bond acceptors (Lipinski definition) is 8. The molecule has 0 unspecified atom stereocenters. The highest BCUT2D eigenvalue weighted by Crippen LogP contribution is 2.19. The van der Waals surface area contributed by atoms with Gasteiger partial charge >= 0.3 is 0 Å². The fraction of sp³-hybridized carbons (Fsp3) is 0.471. The number of anilines is 1. The summed E-state index contributed by atoms with van der Waals surface area (Å²) < 4.78 is 1.82. The molecule has 0 saturated carbocycles. The van der Waals surface area contributed by atoms with Gasteiger partial charge in [-0.15, -0.1) is 0 Å². The Labute approximate surface area is 156 Å². The van der Waals surface area contributed by atoms with Crippen molar-refractivity contribution >= 4 is 23.4 Å². The van der Waals surface area contributed by atoms with Gasteiger partial charge in [-0.2, -0.15) is 14.6 Å². The second kappa shape index (κ2) is 7.55. The average Bonchev–Trinajstić information content (AvgIpc) is 3.12. The van der Waals surface area contributed by atoms with Crippen LogP contribution in [0, 0.1) is 6.92 Å². The molecule has 8 nitrogen and oxygen atoms in total. The summed E-state index contributed by atoms with van der Waals surface area (Å²) in [4.78, 5) is 22.3. The highest BCUT2D eigenvalue weighted by molar-refractivity contribution is 7.99. The number of aromatic nitrogens is 6. The summed E-state index contributed by atoms with van der Waals surface area (Å²) >= 11 is 1.67. The van der Waals surface area contributed by atoms with Gasteiger partial charge in [0.05, 0.1) is 0 Å². The van der Waals surface area contributed by atoms with E-state index < -0.39 is 0 Å². The predicted molar refractivity (Wildman–Crippen MR) is 101 cm³/mol. The van der Waals surface area contributed by atoms with Gasteiger partial charge in [-0.1, -0.05) is 18.7 Å². The van der Waals surface area contributed by atoms with Crippen molar-refractivity contribution in [2.75, 3.05) is 36.8 Å². The van der Waals surface area contributed by atoms with Crippen LogP contribution in [0.15, 0.2) is 29.9 Å². The second-order valence-corrected chi connectivity index (χ2v) is 7.53. The number of nitrogens with zero attached hydrogens (tertiary/aromatic N) is 8. The first-order valence-electron chi connectivity index (χ1n) is 8.81. The third-order valence-electron chi connectivity index (χ3n) is 4.42. The van der Waals surface area contributed by atoms with Gasteiger partial charge < -0.3 is 4.90 Å². The quantitative estimate of drug-likeness (QED) is 0.496. The van der Waals surface area contributed by atoms with E-state index in [1.807, 2.05) is 23.8 Å². The van der Waals surface area contributed by atoms with E-state index in [0.29, 0.717) is 5.78 Å². The molecular formula is C17H22N8S. The minimum Gasteiger partial charge on any atom is -0.354 e. The number of thioether (sulfide) groups is 1. The van der Waals surface area contributed by atoms with Crippen molar-refractivity contribution in [1.29, 1.82) is 0 Å². The molecule has 0 radical (unpaired) electrons. The van der Waals surface area contributed by atoms with Crippen molar-refractivity contribution in [1.82, 2.24) is 34.4 Å². The lowest BCUT2D eigenvalue weighted by molar-refractivity contribution is 0.248. The van der Waals surface area contributed by atoms with E-state index in [1.54, 1.807) is 18.1 Å². The molecule has 0 spiro atoms. The SMILES string of the molecule is CCSc1ncc(CN2CCN(c3cc(C)nc4ncnn34)CC2)cn1. The van der Waals surface area contributed by atoms with Crippen LogP contribution in [0.4, 0.5) is 5.82 Å². The molecule has 0 amide bonds. The molecule has 1 saturated heterocycles. The summed E-state index contributed by atoms with van der Waals surface area (Å²) in [5.74, 6) is 2.72. The van der Waals surface area contributed by atoms with Gasteiger partial charge in [0.2, 0.25) is 0 Å². The van der Waals surface area contributed by atoms with Crippen LogP contribution in [-0.4, -0.2) is 66.4 Å². The normalized spacial score (nSPS) is 15.7. The molecule has 0 aromatic carbocycles. The molecule has 26 heavy (non-hydrogen) atoms. The van der Waals surface area contributed by atoms with Crippen LogP contribution >= 0.6 is 11.8 Å². The van der Waals surface area contributed by atoms with Crippen molar-refractivity contribution in [2.24, 2.45) is 0 Å². The number of aryl methyl sites for hydroxylation is 1. The van der Waals surface area contributed by atoms with Crippen LogP contribution in [0.2, 0.25) is 0 Å². The number of hydrogen-bond donors (Lipinski definition) is 0. The lowest BCUT2D eigenvalue weighted by Gasteiger charge is -2.35. The molecule has 3 aromatic heterocycles. The number of piperazine rings is 1. The Morgan fingerprint density at radius 1 is 1.08 bits per heavy atom. The first-order chi connectivity index (χ1) is 12.7. The van der Waals surface area contributed by atoms with E-state index in [2.05, 4.69) is 47.8 Å². The minimum absolute atomic E-state index is 0.657. The van der Waals surface area contributed by atoms with Crippen molar-refractivity contribution in [3.63, 3.8) is 0 Å². The maximum absolute atomic E-state index is 4.42. The largest absolute Gasteiger partial charge is 0.354 e. The third kappa shape index (κ3) is 3.63. The molecule has 1 fully saturated rings. The fourth-order valence-electron chi connectivity index (χ4n) is 3.16. The van der Waals surface area contributed by atoms with E-state index in [4.69, 9.17) is 0 Å². The summed E-state index contributed by atoms with van der Waals surface area (Å²) in [6.45, 7) is 8.87. The second-order valence-electron chi connectivity index (χ2n) is 6.30. The Morgan fingerprint density at radius 3 is 2.58 bits per heavy atom. The molecule has 0 aliphatic carbocycles. The van der Waals surface area contributed by atoms with Crippen molar-refractivity contribution in [3.8, 4) is 0 Å². The smallest absolute Gasteiger partial charge is 0.254 e. The molecule has 1 aliphatic heterocycles. The van der Waals surface area contributed by atoms with E-state index in [0.717, 1.165) is 60.7 Å². The molecule has 9 heteroatoms. The summed E-state index contributed by atoms with van der Waals surface area (Å²) in [6, 6.07) is 2.08. The van der Waals surface area contributed by atoms with Crippen LogP contribution in [0.25, 0.3) is 5.78 Å². The Morgan fingerprint density at radius 2 is 1.85 bits per heavy atom. The van der Waals surface area contributed by atoms with Gasteiger partial charge in [-0.3, -0.25) is 4.90 Å². The molecule has 3 aromatic rings. The lowest BCUT2D eigenvalue weighted by Crippen LogP contribution is -2.46. The van der Waals surface area contributed by atoms with Crippen LogP contribution in [0.3, 0.4) is 0 Å². The summed E-state index contributed by atoms with van der Waals surface area (Å²) in [5, 5.41) is 5.17. The van der Waals surface area contributed by atoms with Crippen molar-refractivity contribution in [3.05, 3.63) is 36.0 Å². The molecule has 0 atom stereocenters. The number of rotatable bonds is 5. The van der Waals surface area contributed by atoms with Gasteiger partial charge in [-0.25, -0.2) is 15.0 Å². The van der Waals surface area contributed by atoms with Crippen LogP contribution < -0.4 is 4.90 Å². The van der Waals surface area contributed by atoms with Gasteiger partial charge in [0.15, 0.2) is 5.16 Å². The Bertz CT molecular complexity index is 870. The Kier molecular flexibility index (Phi) is 4.98. The third-order valence-corrected chi connectivity index (χ3v) is 5.18. The van der Waals surface area contributed by atoms with Gasteiger partial charge in [-0.05, 0) is 12.7 Å². The number of fused-ring (bicyclic) bond motifs is 1. The first-order valence-corrected chi connectivity index (χ1v) is 9.80. The summed E-state index contributed by atoms with van der Waals surface area (Å²) in [6.07, 6.45) is 5.45. The zero-order valence-electron chi connectivity index (χ0n) is 15.0. The standard InChI is InChI=1S/C17H22N8S/c1-3-26-17-18-9-14(10-19-17)11-23-4-6-24(7-5-23)15-8-13(2)22-16-20-12-21-25(15)16/h8-10,12H,3-7,11H2,1-2H3. The predicted octanol–water partition coefficient (Wildman–Crippen LogP) is 1.66. The summed E-state index contributed by atoms with van der Waals surface area (Å²) in [5.41, 5.74) is 2.13. The molecule has 4 heterocycles. The molecule has 0 N–H and O–H groups in total.